The molecule has 0 heterocycles. The number of halogens is 3. The number of aryl methyl sites for hydroxylation is 1. The second-order valence-electron chi connectivity index (χ2n) is 5.53. The van der Waals surface area contributed by atoms with E-state index in [2.05, 4.69) is 0 Å². The summed E-state index contributed by atoms with van der Waals surface area (Å²) in [4.78, 5) is 0. The van der Waals surface area contributed by atoms with Gasteiger partial charge in [-0.1, -0.05) is 0 Å². The molecular weight excluding hydrogens is 456 g/mol. The summed E-state index contributed by atoms with van der Waals surface area (Å²) in [5, 5.41) is 0. The van der Waals surface area contributed by atoms with Gasteiger partial charge in [0.2, 0.25) is 0 Å². The van der Waals surface area contributed by atoms with Crippen LogP contribution < -0.4 is 7.02 Å². The molecule has 0 atom stereocenters. The van der Waals surface area contributed by atoms with Crippen molar-refractivity contribution >= 4 is 47.5 Å². The molecule has 3 aromatic rings. The first kappa shape index (κ1) is 17.2. The summed E-state index contributed by atoms with van der Waals surface area (Å²) in [6.45, 7) is 2.03. The Morgan fingerprint density at radius 3 is 1.87 bits per heavy atom. The molecule has 0 aliphatic rings. The van der Waals surface area contributed by atoms with Crippen molar-refractivity contribution in [3.8, 4) is 11.1 Å². The number of benzene rings is 3. The summed E-state index contributed by atoms with van der Waals surface area (Å²) in [6, 6.07) is 25.9. The van der Waals surface area contributed by atoms with Crippen molar-refractivity contribution in [3.63, 3.8) is 0 Å². The third kappa shape index (κ3) is 3.42. The van der Waals surface area contributed by atoms with Crippen molar-refractivity contribution in [1.82, 2.24) is 0 Å². The van der Waals surface area contributed by atoms with Crippen molar-refractivity contribution in [2.75, 3.05) is 0 Å². The molecule has 0 amide bonds. The van der Waals surface area contributed by atoms with E-state index in [4.69, 9.17) is 26.5 Å². The van der Waals surface area contributed by atoms with Gasteiger partial charge < -0.3 is 0 Å². The van der Waals surface area contributed by atoms with Crippen LogP contribution in [0.3, 0.4) is 0 Å². The van der Waals surface area contributed by atoms with Crippen LogP contribution in [0.25, 0.3) is 11.1 Å². The molecule has 0 N–H and O–H groups in total. The molecule has 0 saturated carbocycles. The molecule has 0 nitrogen and oxygen atoms in total. The molecule has 0 fully saturated rings. The molecule has 23 heavy (non-hydrogen) atoms. The summed E-state index contributed by atoms with van der Waals surface area (Å²) in [6.07, 6.45) is 0. The molecular formula is C19H16Cl3Sb. The van der Waals surface area contributed by atoms with E-state index in [1.54, 1.807) is 0 Å². The molecule has 0 aromatic heterocycles. The van der Waals surface area contributed by atoms with Crippen LogP contribution in [0.5, 0.6) is 0 Å². The van der Waals surface area contributed by atoms with Gasteiger partial charge in [-0.2, -0.15) is 0 Å². The monoisotopic (exact) mass is 470 g/mol. The summed E-state index contributed by atoms with van der Waals surface area (Å²) in [7, 11) is 20.9. The quantitative estimate of drug-likeness (QED) is 0.449. The standard InChI is InChI=1S/C12H9.C7H7.3ClH.Sb/c1-3-7-11(8-4-1)12-9-5-2-6-10-12;1-7-5-3-2-4-6-7;;;;/h1-9H;3-6H,1H3;3*1H;/q;;;;;+3/p-3. The first-order valence-electron chi connectivity index (χ1n) is 7.26. The molecule has 0 radical (unpaired) electrons. The first-order chi connectivity index (χ1) is 10.9. The molecule has 0 aliphatic heterocycles. The first-order valence-corrected chi connectivity index (χ1v) is 19.5. The van der Waals surface area contributed by atoms with Crippen LogP contribution in [0.15, 0.2) is 78.9 Å². The fraction of sp³-hybridized carbons (Fsp3) is 0.0526. The van der Waals surface area contributed by atoms with E-state index in [1.165, 1.54) is 0 Å². The SMILES string of the molecule is Cc1cc[c]([Sb]([Cl])([Cl])([Cl])[c]2ccccc2-c2ccccc2)cc1. The maximum atomic E-state index is 6.98. The average molecular weight is 472 g/mol. The van der Waals surface area contributed by atoms with E-state index in [1.807, 2.05) is 85.8 Å². The summed E-state index contributed by atoms with van der Waals surface area (Å²) < 4.78 is 1.68. The summed E-state index contributed by atoms with van der Waals surface area (Å²) in [5.74, 6) is 0. The third-order valence-corrected chi connectivity index (χ3v) is 18.0. The van der Waals surface area contributed by atoms with E-state index in [9.17, 15) is 0 Å². The normalized spacial score (nSPS) is 13.3. The zero-order valence-corrected chi connectivity index (χ0v) is 17.4. The molecule has 3 rings (SSSR count). The minimum atomic E-state index is -4.71. The van der Waals surface area contributed by atoms with Gasteiger partial charge in [-0.15, -0.1) is 0 Å². The van der Waals surface area contributed by atoms with Crippen molar-refractivity contribution < 1.29 is 0 Å². The molecule has 0 bridgehead atoms. The van der Waals surface area contributed by atoms with E-state index in [-0.39, 0.29) is 0 Å². The molecule has 4 heteroatoms. The van der Waals surface area contributed by atoms with Gasteiger partial charge in [0.1, 0.15) is 0 Å². The second-order valence-corrected chi connectivity index (χ2v) is 30.1. The van der Waals surface area contributed by atoms with Crippen molar-refractivity contribution in [2.24, 2.45) is 0 Å². The van der Waals surface area contributed by atoms with Gasteiger partial charge in [-0.3, -0.25) is 0 Å². The predicted molar refractivity (Wildman–Crippen MR) is 106 cm³/mol. The Morgan fingerprint density at radius 1 is 0.652 bits per heavy atom. The van der Waals surface area contributed by atoms with E-state index in [0.29, 0.717) is 0 Å². The Balaban J connectivity index is 2.23. The zero-order valence-electron chi connectivity index (χ0n) is 12.6. The van der Waals surface area contributed by atoms with Gasteiger partial charge in [-0.05, 0) is 0 Å². The fourth-order valence-electron chi connectivity index (χ4n) is 2.58. The summed E-state index contributed by atoms with van der Waals surface area (Å²) in [5.41, 5.74) is 3.21. The van der Waals surface area contributed by atoms with Crippen LogP contribution in [-0.4, -0.2) is 14.0 Å². The Kier molecular flexibility index (Phi) is 4.73. The van der Waals surface area contributed by atoms with E-state index >= 15 is 0 Å². The fourth-order valence-corrected chi connectivity index (χ4v) is 13.1. The van der Waals surface area contributed by atoms with Crippen LogP contribution in [-0.2, 0) is 0 Å². The van der Waals surface area contributed by atoms with Crippen molar-refractivity contribution in [2.45, 2.75) is 6.92 Å². The Morgan fingerprint density at radius 2 is 1.22 bits per heavy atom. The van der Waals surface area contributed by atoms with Gasteiger partial charge in [0.15, 0.2) is 0 Å². The third-order valence-electron chi connectivity index (χ3n) is 3.84. The molecule has 0 saturated heterocycles. The van der Waals surface area contributed by atoms with E-state index in [0.717, 1.165) is 23.7 Å². The molecule has 118 valence electrons. The Labute approximate surface area is 149 Å². The predicted octanol–water partition coefficient (Wildman–Crippen LogP) is 5.39. The van der Waals surface area contributed by atoms with Crippen LogP contribution >= 0.6 is 26.5 Å². The second kappa shape index (κ2) is 6.34. The molecule has 3 aromatic carbocycles. The molecule has 0 aliphatic carbocycles. The molecule has 0 unspecified atom stereocenters. The van der Waals surface area contributed by atoms with Crippen LogP contribution in [0.2, 0.25) is 0 Å². The Hall–Kier alpha value is -0.652. The van der Waals surface area contributed by atoms with Gasteiger partial charge >= 0.3 is 150 Å². The van der Waals surface area contributed by atoms with Crippen LogP contribution in [0, 0.1) is 6.92 Å². The van der Waals surface area contributed by atoms with Gasteiger partial charge in [0.25, 0.3) is 0 Å². The zero-order chi connectivity index (χ0) is 16.5. The summed E-state index contributed by atoms with van der Waals surface area (Å²) >= 11 is -4.71. The Bertz CT molecular complexity index is 818. The molecule has 0 spiro atoms. The van der Waals surface area contributed by atoms with Gasteiger partial charge in [0.05, 0.1) is 0 Å². The number of hydrogen-bond donors (Lipinski definition) is 0. The van der Waals surface area contributed by atoms with Gasteiger partial charge in [0, 0.05) is 0 Å². The minimum absolute atomic E-state index is 0.830. The average Bonchev–Trinajstić information content (AvgIpc) is 2.56. The number of hydrogen-bond acceptors (Lipinski definition) is 0. The topological polar surface area (TPSA) is 0 Å². The van der Waals surface area contributed by atoms with Crippen LogP contribution in [0.1, 0.15) is 5.56 Å². The van der Waals surface area contributed by atoms with Crippen molar-refractivity contribution in [1.29, 1.82) is 0 Å². The van der Waals surface area contributed by atoms with Gasteiger partial charge in [-0.25, -0.2) is 0 Å². The maximum absolute atomic E-state index is 6.98. The number of rotatable bonds is 3. The van der Waals surface area contributed by atoms with Crippen LogP contribution in [0.4, 0.5) is 0 Å². The van der Waals surface area contributed by atoms with Crippen molar-refractivity contribution in [3.05, 3.63) is 84.4 Å². The van der Waals surface area contributed by atoms with E-state index < -0.39 is 14.0 Å².